The van der Waals surface area contributed by atoms with Crippen molar-refractivity contribution in [3.05, 3.63) is 30.3 Å². The second kappa shape index (κ2) is 5.90. The number of hydrogen-bond acceptors (Lipinski definition) is 4. The van der Waals surface area contributed by atoms with Crippen LogP contribution in [0, 0.1) is 0 Å². The number of nitrogens with one attached hydrogen (secondary N) is 1. The molecule has 0 unspecified atom stereocenters. The Morgan fingerprint density at radius 3 is 2.50 bits per heavy atom. The lowest BCUT2D eigenvalue weighted by Gasteiger charge is -2.37. The van der Waals surface area contributed by atoms with Crippen molar-refractivity contribution in [2.24, 2.45) is 0 Å². The largest absolute Gasteiger partial charge is 0.358 e. The Morgan fingerprint density at radius 1 is 1.25 bits per heavy atom. The van der Waals surface area contributed by atoms with Crippen LogP contribution >= 0.6 is 0 Å². The number of rotatable bonds is 3. The Kier molecular flexibility index (Phi) is 4.42. The molecule has 1 N–H and O–H groups in total. The summed E-state index contributed by atoms with van der Waals surface area (Å²) in [5, 5.41) is 2.57. The van der Waals surface area contributed by atoms with Gasteiger partial charge in [0.25, 0.3) is 0 Å². The fourth-order valence-corrected chi connectivity index (χ4v) is 3.72. The molecule has 1 saturated heterocycles. The van der Waals surface area contributed by atoms with Crippen LogP contribution in [-0.2, 0) is 14.8 Å². The van der Waals surface area contributed by atoms with E-state index in [-0.39, 0.29) is 17.3 Å². The highest BCUT2D eigenvalue weighted by molar-refractivity contribution is 7.89. The van der Waals surface area contributed by atoms with Crippen LogP contribution in [0.5, 0.6) is 0 Å². The second-order valence-electron chi connectivity index (χ2n) is 4.79. The van der Waals surface area contributed by atoms with Crippen molar-refractivity contribution in [3.8, 4) is 0 Å². The Balaban J connectivity index is 2.23. The molecule has 0 saturated carbocycles. The summed E-state index contributed by atoms with van der Waals surface area (Å²) >= 11 is 0. The van der Waals surface area contributed by atoms with Crippen molar-refractivity contribution in [1.82, 2.24) is 14.5 Å². The number of nitrogens with zero attached hydrogens (tertiary/aromatic N) is 2. The molecule has 0 aromatic heterocycles. The van der Waals surface area contributed by atoms with E-state index in [0.717, 1.165) is 0 Å². The van der Waals surface area contributed by atoms with Crippen molar-refractivity contribution < 1.29 is 13.2 Å². The normalized spacial score (nSPS) is 21.6. The van der Waals surface area contributed by atoms with Crippen LogP contribution in [0.2, 0.25) is 0 Å². The van der Waals surface area contributed by atoms with E-state index in [0.29, 0.717) is 13.1 Å². The first-order chi connectivity index (χ1) is 9.46. The highest BCUT2D eigenvalue weighted by atomic mass is 32.2. The van der Waals surface area contributed by atoms with Gasteiger partial charge in [-0.3, -0.25) is 9.69 Å². The predicted octanol–water partition coefficient (Wildman–Crippen LogP) is -0.263. The summed E-state index contributed by atoms with van der Waals surface area (Å²) in [4.78, 5) is 13.9. The van der Waals surface area contributed by atoms with Gasteiger partial charge in [0.1, 0.15) is 6.04 Å². The second-order valence-corrected chi connectivity index (χ2v) is 6.72. The molecule has 1 fully saturated rings. The van der Waals surface area contributed by atoms with Crippen molar-refractivity contribution >= 4 is 15.9 Å². The van der Waals surface area contributed by atoms with E-state index in [1.807, 2.05) is 11.9 Å². The molecule has 2 rings (SSSR count). The van der Waals surface area contributed by atoms with Gasteiger partial charge in [0.05, 0.1) is 4.90 Å². The van der Waals surface area contributed by atoms with Gasteiger partial charge in [-0.15, -0.1) is 0 Å². The molecule has 1 atom stereocenters. The molecule has 0 spiro atoms. The smallest absolute Gasteiger partial charge is 0.243 e. The topological polar surface area (TPSA) is 69.7 Å². The zero-order valence-electron chi connectivity index (χ0n) is 11.6. The van der Waals surface area contributed by atoms with Gasteiger partial charge < -0.3 is 5.32 Å². The minimum Gasteiger partial charge on any atom is -0.358 e. The van der Waals surface area contributed by atoms with Gasteiger partial charge in [-0.25, -0.2) is 8.42 Å². The quantitative estimate of drug-likeness (QED) is 0.834. The fraction of sp³-hybridized carbons (Fsp3) is 0.462. The fourth-order valence-electron chi connectivity index (χ4n) is 2.26. The van der Waals surface area contributed by atoms with Crippen LogP contribution in [0.25, 0.3) is 0 Å². The highest BCUT2D eigenvalue weighted by Crippen LogP contribution is 2.19. The molecular weight excluding hydrogens is 278 g/mol. The standard InChI is InChI=1S/C13H19N3O3S/c1-14-13(17)12-10-16(9-8-15(12)2)20(18,19)11-6-4-3-5-7-11/h3-7,12H,8-10H2,1-2H3,(H,14,17)/t12-/m1/s1. The number of benzene rings is 1. The maximum atomic E-state index is 12.5. The van der Waals surface area contributed by atoms with Gasteiger partial charge in [-0.05, 0) is 19.2 Å². The summed E-state index contributed by atoms with van der Waals surface area (Å²) < 4.78 is 26.4. The van der Waals surface area contributed by atoms with Crippen LogP contribution in [0.4, 0.5) is 0 Å². The summed E-state index contributed by atoms with van der Waals surface area (Å²) in [6, 6.07) is 7.85. The van der Waals surface area contributed by atoms with E-state index in [4.69, 9.17) is 0 Å². The van der Waals surface area contributed by atoms with Gasteiger partial charge in [0.15, 0.2) is 0 Å². The van der Waals surface area contributed by atoms with Crippen molar-refractivity contribution in [2.75, 3.05) is 33.7 Å². The first-order valence-corrected chi connectivity index (χ1v) is 7.88. The third kappa shape index (κ3) is 2.84. The van der Waals surface area contributed by atoms with E-state index in [1.54, 1.807) is 37.4 Å². The van der Waals surface area contributed by atoms with Crippen LogP contribution < -0.4 is 5.32 Å². The van der Waals surface area contributed by atoms with E-state index in [9.17, 15) is 13.2 Å². The monoisotopic (exact) mass is 297 g/mol. The van der Waals surface area contributed by atoms with Crippen LogP contribution in [-0.4, -0.2) is 63.3 Å². The summed E-state index contributed by atoms with van der Waals surface area (Å²) in [6.45, 7) is 1.10. The Morgan fingerprint density at radius 2 is 1.90 bits per heavy atom. The van der Waals surface area contributed by atoms with Gasteiger partial charge in [-0.2, -0.15) is 4.31 Å². The highest BCUT2D eigenvalue weighted by Gasteiger charge is 2.35. The number of sulfonamides is 1. The van der Waals surface area contributed by atoms with Gasteiger partial charge in [-0.1, -0.05) is 18.2 Å². The van der Waals surface area contributed by atoms with Crippen molar-refractivity contribution in [1.29, 1.82) is 0 Å². The first kappa shape index (κ1) is 15.0. The molecule has 110 valence electrons. The molecular formula is C13H19N3O3S. The summed E-state index contributed by atoms with van der Waals surface area (Å²) in [5.41, 5.74) is 0. The van der Waals surface area contributed by atoms with Crippen LogP contribution in [0.15, 0.2) is 35.2 Å². The van der Waals surface area contributed by atoms with E-state index < -0.39 is 16.1 Å². The third-order valence-electron chi connectivity index (χ3n) is 3.54. The summed E-state index contributed by atoms with van der Waals surface area (Å²) in [7, 11) is -0.151. The predicted molar refractivity (Wildman–Crippen MR) is 75.7 cm³/mol. The summed E-state index contributed by atoms with van der Waals surface area (Å²) in [6.07, 6.45) is 0. The Hall–Kier alpha value is -1.44. The minimum atomic E-state index is -3.53. The zero-order valence-corrected chi connectivity index (χ0v) is 12.4. The van der Waals surface area contributed by atoms with Gasteiger partial charge in [0, 0.05) is 26.7 Å². The number of carbonyl (C=O) groups is 1. The number of piperazine rings is 1. The number of hydrogen-bond donors (Lipinski definition) is 1. The zero-order chi connectivity index (χ0) is 14.8. The molecule has 1 heterocycles. The van der Waals surface area contributed by atoms with E-state index in [2.05, 4.69) is 5.32 Å². The van der Waals surface area contributed by atoms with Gasteiger partial charge in [0.2, 0.25) is 15.9 Å². The average Bonchev–Trinajstić information content (AvgIpc) is 2.47. The van der Waals surface area contributed by atoms with Crippen molar-refractivity contribution in [2.45, 2.75) is 10.9 Å². The number of amides is 1. The molecule has 1 aliphatic rings. The van der Waals surface area contributed by atoms with E-state index in [1.165, 1.54) is 4.31 Å². The minimum absolute atomic E-state index is 0.166. The number of carbonyl (C=O) groups excluding carboxylic acids is 1. The summed E-state index contributed by atoms with van der Waals surface area (Å²) in [5.74, 6) is -0.166. The maximum Gasteiger partial charge on any atom is 0.243 e. The maximum absolute atomic E-state index is 12.5. The molecule has 0 radical (unpaired) electrons. The number of likely N-dealkylation sites (N-methyl/N-ethyl adjacent to an activating group) is 2. The molecule has 0 aliphatic carbocycles. The molecule has 6 nitrogen and oxygen atoms in total. The molecule has 1 aromatic rings. The lowest BCUT2D eigenvalue weighted by molar-refractivity contribution is -0.126. The molecule has 1 aromatic carbocycles. The van der Waals surface area contributed by atoms with Gasteiger partial charge >= 0.3 is 0 Å². The Bertz CT molecular complexity index is 574. The van der Waals surface area contributed by atoms with Crippen LogP contribution in [0.1, 0.15) is 0 Å². The lowest BCUT2D eigenvalue weighted by Crippen LogP contribution is -2.58. The lowest BCUT2D eigenvalue weighted by atomic mass is 10.2. The SMILES string of the molecule is CNC(=O)[C@H]1CN(S(=O)(=O)c2ccccc2)CCN1C. The van der Waals surface area contributed by atoms with Crippen LogP contribution in [0.3, 0.4) is 0 Å². The first-order valence-electron chi connectivity index (χ1n) is 6.44. The molecule has 1 amide bonds. The third-order valence-corrected chi connectivity index (χ3v) is 5.42. The average molecular weight is 297 g/mol. The molecule has 7 heteroatoms. The van der Waals surface area contributed by atoms with Crippen molar-refractivity contribution in [3.63, 3.8) is 0 Å². The molecule has 20 heavy (non-hydrogen) atoms. The molecule has 0 bridgehead atoms. The molecule has 1 aliphatic heterocycles. The Labute approximate surface area is 119 Å². The van der Waals surface area contributed by atoms with E-state index >= 15 is 0 Å².